The van der Waals surface area contributed by atoms with Crippen molar-refractivity contribution < 1.29 is 9.13 Å². The zero-order valence-corrected chi connectivity index (χ0v) is 21.2. The van der Waals surface area contributed by atoms with Crippen LogP contribution in [0.3, 0.4) is 0 Å². The van der Waals surface area contributed by atoms with Gasteiger partial charge in [0, 0.05) is 32.5 Å². The highest BCUT2D eigenvalue weighted by Gasteiger charge is 2.60. The molecule has 2 nitrogen and oxygen atoms in total. The first-order chi connectivity index (χ1) is 17.1. The highest BCUT2D eigenvalue weighted by molar-refractivity contribution is 7.83. The molecule has 0 N–H and O–H groups in total. The molecule has 35 heavy (non-hydrogen) atoms. The summed E-state index contributed by atoms with van der Waals surface area (Å²) in [7, 11) is -6.26. The highest BCUT2D eigenvalue weighted by Crippen LogP contribution is 2.69. The Kier molecular flexibility index (Phi) is 5.76. The molecule has 0 aliphatic heterocycles. The van der Waals surface area contributed by atoms with Crippen LogP contribution in [0.25, 0.3) is 0 Å². The van der Waals surface area contributed by atoms with Gasteiger partial charge in [-0.15, -0.1) is 0 Å². The standard InChI is InChI=1S/C31H28O2P2/c32-34(26-13-5-1-6-14-26,27-15-7-2-8-16-27)30-24-21-22-25(23-24)31(30)35(33,28-17-9-3-10-18-28)29-19-11-4-12-20-29/h1-22,24-25,30-31H,23H2/t24-,25-,30+,31+/m1/s1. The number of hydrogen-bond donors (Lipinski definition) is 0. The number of allylic oxidation sites excluding steroid dienone is 2. The van der Waals surface area contributed by atoms with E-state index in [1.54, 1.807) is 0 Å². The molecule has 4 aromatic carbocycles. The van der Waals surface area contributed by atoms with Gasteiger partial charge in [0.05, 0.1) is 0 Å². The maximum Gasteiger partial charge on any atom is 0.147 e. The lowest BCUT2D eigenvalue weighted by atomic mass is 10.1. The molecule has 174 valence electrons. The van der Waals surface area contributed by atoms with Crippen molar-refractivity contribution in [3.8, 4) is 0 Å². The van der Waals surface area contributed by atoms with Crippen LogP contribution in [-0.4, -0.2) is 11.3 Å². The van der Waals surface area contributed by atoms with Crippen molar-refractivity contribution in [1.82, 2.24) is 0 Å². The molecule has 6 rings (SSSR count). The van der Waals surface area contributed by atoms with Crippen LogP contribution in [0.2, 0.25) is 0 Å². The fourth-order valence-electron chi connectivity index (χ4n) is 6.32. The molecule has 0 saturated heterocycles. The van der Waals surface area contributed by atoms with Crippen molar-refractivity contribution in [1.29, 1.82) is 0 Å². The second kappa shape index (κ2) is 8.94. The highest BCUT2D eigenvalue weighted by atomic mass is 31.2. The summed E-state index contributed by atoms with van der Waals surface area (Å²) in [5.74, 6) is 0.272. The van der Waals surface area contributed by atoms with Crippen molar-refractivity contribution in [2.45, 2.75) is 17.7 Å². The lowest BCUT2D eigenvalue weighted by Crippen LogP contribution is -2.41. The minimum atomic E-state index is -3.13. The Morgan fingerprint density at radius 3 is 0.943 bits per heavy atom. The zero-order valence-electron chi connectivity index (χ0n) is 19.4. The maximum absolute atomic E-state index is 15.6. The summed E-state index contributed by atoms with van der Waals surface area (Å²) in [6.07, 6.45) is 5.39. The maximum atomic E-state index is 15.6. The quantitative estimate of drug-likeness (QED) is 0.245. The topological polar surface area (TPSA) is 34.1 Å². The number of rotatable bonds is 6. The monoisotopic (exact) mass is 494 g/mol. The normalized spacial score (nSPS) is 23.4. The summed E-state index contributed by atoms with van der Waals surface area (Å²) >= 11 is 0. The molecule has 2 aliphatic rings. The Morgan fingerprint density at radius 1 is 0.429 bits per heavy atom. The van der Waals surface area contributed by atoms with Crippen LogP contribution in [0.1, 0.15) is 6.42 Å². The minimum absolute atomic E-state index is 0.136. The van der Waals surface area contributed by atoms with E-state index in [0.717, 1.165) is 27.6 Å². The first-order valence-electron chi connectivity index (χ1n) is 12.2. The zero-order chi connectivity index (χ0) is 23.9. The van der Waals surface area contributed by atoms with Crippen molar-refractivity contribution in [2.75, 3.05) is 0 Å². The van der Waals surface area contributed by atoms with Gasteiger partial charge in [0.1, 0.15) is 14.3 Å². The lowest BCUT2D eigenvalue weighted by Gasteiger charge is -2.40. The van der Waals surface area contributed by atoms with E-state index >= 15 is 9.13 Å². The largest absolute Gasteiger partial charge is 0.313 e. The van der Waals surface area contributed by atoms with E-state index in [1.165, 1.54) is 0 Å². The van der Waals surface area contributed by atoms with Crippen molar-refractivity contribution in [3.05, 3.63) is 133 Å². The predicted molar refractivity (Wildman–Crippen MR) is 148 cm³/mol. The van der Waals surface area contributed by atoms with Gasteiger partial charge in [0.2, 0.25) is 0 Å². The molecule has 0 heterocycles. The third-order valence-corrected chi connectivity index (χ3v) is 15.4. The SMILES string of the molecule is O=P(c1ccccc1)(c1ccccc1)[C@@H]1[C@@H](P(=O)(c2ccccc2)c2ccccc2)[C@@H]2C=C[C@@H]1C2. The fraction of sp³-hybridized carbons (Fsp3) is 0.161. The summed E-state index contributed by atoms with van der Waals surface area (Å²) in [5.41, 5.74) is -0.456. The van der Waals surface area contributed by atoms with Crippen molar-refractivity contribution in [2.24, 2.45) is 11.8 Å². The Balaban J connectivity index is 1.63. The summed E-state index contributed by atoms with van der Waals surface area (Å²) in [4.78, 5) is 0. The van der Waals surface area contributed by atoms with Gasteiger partial charge < -0.3 is 9.13 Å². The molecule has 0 radical (unpaired) electrons. The molecular weight excluding hydrogens is 466 g/mol. The molecule has 2 aliphatic carbocycles. The molecule has 0 amide bonds. The molecule has 4 aromatic rings. The molecule has 0 aromatic heterocycles. The Morgan fingerprint density at radius 2 is 0.686 bits per heavy atom. The lowest BCUT2D eigenvalue weighted by molar-refractivity contribution is 0.549. The Bertz CT molecular complexity index is 1230. The molecule has 1 saturated carbocycles. The minimum Gasteiger partial charge on any atom is -0.313 e. The smallest absolute Gasteiger partial charge is 0.147 e. The second-order valence-corrected chi connectivity index (χ2v) is 15.5. The van der Waals surface area contributed by atoms with Crippen LogP contribution in [0, 0.1) is 11.8 Å². The summed E-state index contributed by atoms with van der Waals surface area (Å²) < 4.78 is 31.1. The van der Waals surface area contributed by atoms with E-state index in [-0.39, 0.29) is 23.2 Å². The summed E-state index contributed by atoms with van der Waals surface area (Å²) in [5, 5.41) is 3.43. The number of benzene rings is 4. The average molecular weight is 495 g/mol. The van der Waals surface area contributed by atoms with Crippen LogP contribution < -0.4 is 21.2 Å². The van der Waals surface area contributed by atoms with Crippen LogP contribution in [-0.2, 0) is 9.13 Å². The number of hydrogen-bond acceptors (Lipinski definition) is 2. The van der Waals surface area contributed by atoms with Gasteiger partial charge in [0.15, 0.2) is 0 Å². The summed E-state index contributed by atoms with van der Waals surface area (Å²) in [6.45, 7) is 0. The van der Waals surface area contributed by atoms with E-state index in [4.69, 9.17) is 0 Å². The van der Waals surface area contributed by atoms with Crippen LogP contribution in [0.15, 0.2) is 133 Å². The van der Waals surface area contributed by atoms with Gasteiger partial charge in [0.25, 0.3) is 0 Å². The Labute approximate surface area is 207 Å². The van der Waals surface area contributed by atoms with Gasteiger partial charge in [-0.25, -0.2) is 0 Å². The van der Waals surface area contributed by atoms with E-state index in [9.17, 15) is 0 Å². The Hall–Kier alpha value is -2.92. The van der Waals surface area contributed by atoms with E-state index in [1.807, 2.05) is 121 Å². The van der Waals surface area contributed by atoms with Crippen LogP contribution >= 0.6 is 14.3 Å². The molecule has 0 unspecified atom stereocenters. The average Bonchev–Trinajstić information content (AvgIpc) is 3.57. The van der Waals surface area contributed by atoms with Gasteiger partial charge in [-0.1, -0.05) is 133 Å². The molecule has 4 heteroatoms. The van der Waals surface area contributed by atoms with Gasteiger partial charge in [-0.2, -0.15) is 0 Å². The first-order valence-corrected chi connectivity index (χ1v) is 15.8. The van der Waals surface area contributed by atoms with E-state index in [2.05, 4.69) is 12.2 Å². The first kappa shape index (κ1) is 22.5. The van der Waals surface area contributed by atoms with Gasteiger partial charge >= 0.3 is 0 Å². The third kappa shape index (κ3) is 3.55. The molecule has 1 fully saturated rings. The van der Waals surface area contributed by atoms with E-state index < -0.39 is 14.3 Å². The summed E-state index contributed by atoms with van der Waals surface area (Å²) in [6, 6.07) is 39.6. The van der Waals surface area contributed by atoms with E-state index in [0.29, 0.717) is 0 Å². The third-order valence-electron chi connectivity index (χ3n) is 7.78. The van der Waals surface area contributed by atoms with Crippen LogP contribution in [0.5, 0.6) is 0 Å². The molecule has 0 spiro atoms. The molecule has 2 bridgehead atoms. The van der Waals surface area contributed by atoms with Gasteiger partial charge in [-0.05, 0) is 18.3 Å². The predicted octanol–water partition coefficient (Wildman–Crippen LogP) is 5.96. The second-order valence-electron chi connectivity index (χ2n) is 9.59. The molecule has 4 atom stereocenters. The molecular formula is C31H28O2P2. The van der Waals surface area contributed by atoms with Gasteiger partial charge in [-0.3, -0.25) is 0 Å². The van der Waals surface area contributed by atoms with Crippen molar-refractivity contribution in [3.63, 3.8) is 0 Å². The fourth-order valence-corrected chi connectivity index (χ4v) is 14.7. The number of fused-ring (bicyclic) bond motifs is 2. The van der Waals surface area contributed by atoms with Crippen LogP contribution in [0.4, 0.5) is 0 Å². The van der Waals surface area contributed by atoms with Crippen molar-refractivity contribution >= 4 is 35.5 Å².